The molecule has 0 bridgehead atoms. The molecule has 18 heavy (non-hydrogen) atoms. The van der Waals surface area contributed by atoms with Gasteiger partial charge in [0.25, 0.3) is 0 Å². The maximum absolute atomic E-state index is 6.28. The molecule has 4 nitrogen and oxygen atoms in total. The van der Waals surface area contributed by atoms with E-state index in [1.54, 1.807) is 18.0 Å². The lowest BCUT2D eigenvalue weighted by Gasteiger charge is -2.15. The van der Waals surface area contributed by atoms with Gasteiger partial charge in [0.1, 0.15) is 0 Å². The van der Waals surface area contributed by atoms with Gasteiger partial charge in [-0.1, -0.05) is 24.3 Å². The molecule has 2 rings (SSSR count). The summed E-state index contributed by atoms with van der Waals surface area (Å²) in [5.74, 6) is 0.749. The van der Waals surface area contributed by atoms with Crippen LogP contribution in [0.2, 0.25) is 0 Å². The smallest absolute Gasteiger partial charge is 0.161 e. The van der Waals surface area contributed by atoms with Crippen LogP contribution < -0.4 is 10.5 Å². The zero-order valence-electron chi connectivity index (χ0n) is 11.1. The summed E-state index contributed by atoms with van der Waals surface area (Å²) >= 11 is 0. The Bertz CT molecular complexity index is 534. The maximum Gasteiger partial charge on any atom is 0.161 e. The topological polar surface area (TPSA) is 53.1 Å². The van der Waals surface area contributed by atoms with Gasteiger partial charge in [-0.25, -0.2) is 0 Å². The van der Waals surface area contributed by atoms with Gasteiger partial charge in [0.2, 0.25) is 0 Å². The van der Waals surface area contributed by atoms with E-state index in [0.29, 0.717) is 0 Å². The number of nitrogens with two attached hydrogens (primary N) is 1. The Morgan fingerprint density at radius 1 is 1.39 bits per heavy atom. The Hall–Kier alpha value is -1.81. The van der Waals surface area contributed by atoms with E-state index in [1.165, 1.54) is 11.1 Å². The van der Waals surface area contributed by atoms with E-state index in [4.69, 9.17) is 10.5 Å². The largest absolute Gasteiger partial charge is 0.493 e. The first-order chi connectivity index (χ1) is 8.63. The fourth-order valence-electron chi connectivity index (χ4n) is 2.18. The second-order valence-corrected chi connectivity index (χ2v) is 4.46. The van der Waals surface area contributed by atoms with Gasteiger partial charge in [0.05, 0.1) is 25.0 Å². The monoisotopic (exact) mass is 245 g/mol. The Kier molecular flexibility index (Phi) is 3.67. The molecular weight excluding hydrogens is 226 g/mol. The minimum absolute atomic E-state index is 0.117. The molecular formula is C14H19N3O. The maximum atomic E-state index is 6.28. The van der Waals surface area contributed by atoms with Crippen molar-refractivity contribution in [3.63, 3.8) is 0 Å². The summed E-state index contributed by atoms with van der Waals surface area (Å²) in [7, 11) is 3.52. The summed E-state index contributed by atoms with van der Waals surface area (Å²) in [5.41, 5.74) is 9.72. The van der Waals surface area contributed by atoms with E-state index in [0.717, 1.165) is 17.9 Å². The molecule has 4 heteroatoms. The second-order valence-electron chi connectivity index (χ2n) is 4.46. The van der Waals surface area contributed by atoms with Crippen molar-refractivity contribution in [2.24, 2.45) is 12.8 Å². The predicted octanol–water partition coefficient (Wildman–Crippen LogP) is 1.98. The first-order valence-electron chi connectivity index (χ1n) is 5.99. The zero-order chi connectivity index (χ0) is 13.1. The number of aromatic nitrogens is 2. The van der Waals surface area contributed by atoms with E-state index in [-0.39, 0.29) is 6.04 Å². The van der Waals surface area contributed by atoms with E-state index in [2.05, 4.69) is 24.2 Å². The van der Waals surface area contributed by atoms with Crippen LogP contribution in [0.3, 0.4) is 0 Å². The van der Waals surface area contributed by atoms with Crippen LogP contribution >= 0.6 is 0 Å². The number of hydrogen-bond acceptors (Lipinski definition) is 3. The lowest BCUT2D eigenvalue weighted by molar-refractivity contribution is 0.402. The number of methoxy groups -OCH3 is 1. The van der Waals surface area contributed by atoms with Gasteiger partial charge in [-0.3, -0.25) is 4.68 Å². The molecule has 0 saturated carbocycles. The Labute approximate surface area is 107 Å². The molecule has 0 spiro atoms. The minimum atomic E-state index is -0.117. The Balaban J connectivity index is 2.24. The third-order valence-electron chi connectivity index (χ3n) is 3.22. The first-order valence-corrected chi connectivity index (χ1v) is 5.99. The molecule has 1 aromatic carbocycles. The molecule has 0 aliphatic carbocycles. The van der Waals surface area contributed by atoms with Crippen molar-refractivity contribution in [3.05, 3.63) is 47.3 Å². The predicted molar refractivity (Wildman–Crippen MR) is 71.6 cm³/mol. The summed E-state index contributed by atoms with van der Waals surface area (Å²) < 4.78 is 7.07. The van der Waals surface area contributed by atoms with E-state index >= 15 is 0 Å². The number of hydrogen-bond donors (Lipinski definition) is 1. The molecule has 2 aromatic rings. The molecule has 1 unspecified atom stereocenters. The van der Waals surface area contributed by atoms with Gasteiger partial charge in [0.15, 0.2) is 5.75 Å². The normalized spacial score (nSPS) is 12.4. The van der Waals surface area contributed by atoms with Crippen molar-refractivity contribution in [2.45, 2.75) is 19.4 Å². The van der Waals surface area contributed by atoms with Gasteiger partial charge >= 0.3 is 0 Å². The highest BCUT2D eigenvalue weighted by atomic mass is 16.5. The number of ether oxygens (including phenoxy) is 1. The third-order valence-corrected chi connectivity index (χ3v) is 3.22. The van der Waals surface area contributed by atoms with Crippen LogP contribution in [0.1, 0.15) is 22.9 Å². The van der Waals surface area contributed by atoms with Crippen molar-refractivity contribution in [3.8, 4) is 5.75 Å². The van der Waals surface area contributed by atoms with Gasteiger partial charge in [-0.15, -0.1) is 0 Å². The molecule has 1 atom stereocenters. The fraction of sp³-hybridized carbons (Fsp3) is 0.357. The standard InChI is InChI=1S/C14H19N3O/c1-10-6-4-5-7-11(10)8-12(15)14-13(18-3)9-16-17(14)2/h4-7,9,12H,8,15H2,1-3H3. The SMILES string of the molecule is COc1cnn(C)c1C(N)Cc1ccccc1C. The third kappa shape index (κ3) is 2.38. The Morgan fingerprint density at radius 3 is 2.78 bits per heavy atom. The summed E-state index contributed by atoms with van der Waals surface area (Å²) in [5, 5.41) is 4.18. The molecule has 96 valence electrons. The van der Waals surface area contributed by atoms with Gasteiger partial charge in [0, 0.05) is 7.05 Å². The van der Waals surface area contributed by atoms with E-state index in [1.807, 2.05) is 19.2 Å². The highest BCUT2D eigenvalue weighted by Gasteiger charge is 2.17. The molecule has 0 fully saturated rings. The summed E-state index contributed by atoms with van der Waals surface area (Å²) in [6.07, 6.45) is 2.48. The van der Waals surface area contributed by atoms with E-state index < -0.39 is 0 Å². The average Bonchev–Trinajstić information content (AvgIpc) is 2.73. The second kappa shape index (κ2) is 5.23. The van der Waals surface area contributed by atoms with Crippen LogP contribution in [0.5, 0.6) is 5.75 Å². The molecule has 0 radical (unpaired) electrons. The van der Waals surface area contributed by atoms with Gasteiger partial charge in [-0.05, 0) is 24.5 Å². The highest BCUT2D eigenvalue weighted by molar-refractivity contribution is 5.32. The summed E-state index contributed by atoms with van der Waals surface area (Å²) in [6, 6.07) is 8.17. The van der Waals surface area contributed by atoms with Crippen LogP contribution in [-0.4, -0.2) is 16.9 Å². The summed E-state index contributed by atoms with van der Waals surface area (Å²) in [4.78, 5) is 0. The fourth-order valence-corrected chi connectivity index (χ4v) is 2.18. The lowest BCUT2D eigenvalue weighted by atomic mass is 9.99. The van der Waals surface area contributed by atoms with Crippen molar-refractivity contribution < 1.29 is 4.74 Å². The summed E-state index contributed by atoms with van der Waals surface area (Å²) in [6.45, 7) is 2.10. The quantitative estimate of drug-likeness (QED) is 0.896. The molecule has 1 aromatic heterocycles. The van der Waals surface area contributed by atoms with Crippen LogP contribution in [0, 0.1) is 6.92 Å². The molecule has 2 N–H and O–H groups in total. The van der Waals surface area contributed by atoms with Crippen molar-refractivity contribution in [1.82, 2.24) is 9.78 Å². The lowest BCUT2D eigenvalue weighted by Crippen LogP contribution is -2.18. The van der Waals surface area contributed by atoms with Crippen LogP contribution in [0.4, 0.5) is 0 Å². The van der Waals surface area contributed by atoms with Gasteiger partial charge in [-0.2, -0.15) is 5.10 Å². The van der Waals surface area contributed by atoms with E-state index in [9.17, 15) is 0 Å². The molecule has 0 aliphatic rings. The van der Waals surface area contributed by atoms with Crippen LogP contribution in [0.25, 0.3) is 0 Å². The highest BCUT2D eigenvalue weighted by Crippen LogP contribution is 2.25. The van der Waals surface area contributed by atoms with Crippen LogP contribution in [-0.2, 0) is 13.5 Å². The average molecular weight is 245 g/mol. The number of nitrogens with zero attached hydrogens (tertiary/aromatic N) is 2. The number of rotatable bonds is 4. The molecule has 1 heterocycles. The molecule has 0 saturated heterocycles. The van der Waals surface area contributed by atoms with Crippen molar-refractivity contribution >= 4 is 0 Å². The number of benzene rings is 1. The van der Waals surface area contributed by atoms with Gasteiger partial charge < -0.3 is 10.5 Å². The van der Waals surface area contributed by atoms with Crippen LogP contribution in [0.15, 0.2) is 30.5 Å². The zero-order valence-corrected chi connectivity index (χ0v) is 11.1. The minimum Gasteiger partial charge on any atom is -0.493 e. The molecule has 0 amide bonds. The van der Waals surface area contributed by atoms with Crippen molar-refractivity contribution in [1.29, 1.82) is 0 Å². The molecule has 0 aliphatic heterocycles. The van der Waals surface area contributed by atoms with Crippen molar-refractivity contribution in [2.75, 3.05) is 7.11 Å². The number of aryl methyl sites for hydroxylation is 2. The Morgan fingerprint density at radius 2 is 2.11 bits per heavy atom. The first kappa shape index (κ1) is 12.6.